The Balaban J connectivity index is 1.48. The Kier molecular flexibility index (Phi) is 4.49. The van der Waals surface area contributed by atoms with Crippen molar-refractivity contribution in [3.05, 3.63) is 23.8 Å². The molecule has 6 nitrogen and oxygen atoms in total. The first kappa shape index (κ1) is 15.1. The molecule has 6 heteroatoms. The third-order valence-electron chi connectivity index (χ3n) is 3.95. The van der Waals surface area contributed by atoms with E-state index in [9.17, 15) is 4.79 Å². The number of morpholine rings is 1. The highest BCUT2D eigenvalue weighted by atomic mass is 16.7. The molecule has 0 saturated carbocycles. The van der Waals surface area contributed by atoms with E-state index in [1.807, 2.05) is 18.2 Å². The van der Waals surface area contributed by atoms with Gasteiger partial charge in [-0.3, -0.25) is 4.79 Å². The largest absolute Gasteiger partial charge is 0.454 e. The van der Waals surface area contributed by atoms with Gasteiger partial charge in [0.25, 0.3) is 5.91 Å². The van der Waals surface area contributed by atoms with E-state index >= 15 is 0 Å². The molecule has 22 heavy (non-hydrogen) atoms. The maximum absolute atomic E-state index is 12.1. The van der Waals surface area contributed by atoms with E-state index in [0.717, 1.165) is 30.2 Å². The molecule has 0 unspecified atom stereocenters. The van der Waals surface area contributed by atoms with Crippen LogP contribution in [0.1, 0.15) is 19.4 Å². The highest BCUT2D eigenvalue weighted by molar-refractivity contribution is 5.76. The third-order valence-corrected chi connectivity index (χ3v) is 3.95. The number of nitrogens with one attached hydrogen (secondary N) is 2. The molecule has 2 atom stereocenters. The van der Waals surface area contributed by atoms with Gasteiger partial charge in [-0.25, -0.2) is 0 Å². The molecule has 2 aliphatic heterocycles. The molecule has 3 rings (SSSR count). The van der Waals surface area contributed by atoms with Gasteiger partial charge in [0.1, 0.15) is 25.3 Å². The Labute approximate surface area is 130 Å². The molecular weight excluding hydrogens is 284 g/mol. The van der Waals surface area contributed by atoms with Crippen LogP contribution < -0.4 is 19.7 Å². The second-order valence-electron chi connectivity index (χ2n) is 6.06. The second kappa shape index (κ2) is 6.54. The van der Waals surface area contributed by atoms with Gasteiger partial charge in [-0.15, -0.1) is 0 Å². The van der Waals surface area contributed by atoms with Crippen molar-refractivity contribution in [2.45, 2.75) is 32.6 Å². The van der Waals surface area contributed by atoms with Crippen LogP contribution in [-0.4, -0.2) is 44.5 Å². The average molecular weight is 307 g/mol. The van der Waals surface area contributed by atoms with Crippen molar-refractivity contribution in [1.29, 1.82) is 0 Å². The second-order valence-corrected chi connectivity index (χ2v) is 6.06. The summed E-state index contributed by atoms with van der Waals surface area (Å²) in [6.45, 7) is 7.12. The maximum Gasteiger partial charge on any atom is 0.275 e. The minimum Gasteiger partial charge on any atom is -0.454 e. The third kappa shape index (κ3) is 3.69. The van der Waals surface area contributed by atoms with Crippen LogP contribution in [0, 0.1) is 0 Å². The minimum atomic E-state index is 0.0639. The van der Waals surface area contributed by atoms with Gasteiger partial charge in [0.2, 0.25) is 6.79 Å². The number of carbonyl (C=O) groups excluding carboxylic acids is 1. The fourth-order valence-electron chi connectivity index (χ4n) is 3.07. The zero-order chi connectivity index (χ0) is 15.5. The Morgan fingerprint density at radius 2 is 1.95 bits per heavy atom. The number of carbonyl (C=O) groups is 1. The zero-order valence-electron chi connectivity index (χ0n) is 13.1. The lowest BCUT2D eigenvalue weighted by atomic mass is 10.2. The fourth-order valence-corrected chi connectivity index (χ4v) is 3.07. The lowest BCUT2D eigenvalue weighted by Crippen LogP contribution is -3.16. The van der Waals surface area contributed by atoms with Gasteiger partial charge in [0, 0.05) is 6.54 Å². The number of rotatable bonds is 4. The molecule has 2 heterocycles. The van der Waals surface area contributed by atoms with Crippen molar-refractivity contribution in [1.82, 2.24) is 5.32 Å². The molecule has 1 aromatic rings. The van der Waals surface area contributed by atoms with E-state index in [1.54, 1.807) is 0 Å². The van der Waals surface area contributed by atoms with Crippen LogP contribution in [0.2, 0.25) is 0 Å². The first-order valence-corrected chi connectivity index (χ1v) is 7.74. The van der Waals surface area contributed by atoms with Crippen LogP contribution in [0.4, 0.5) is 0 Å². The molecule has 1 fully saturated rings. The quantitative estimate of drug-likeness (QED) is 0.803. The molecule has 0 bridgehead atoms. The summed E-state index contributed by atoms with van der Waals surface area (Å²) in [7, 11) is 0. The van der Waals surface area contributed by atoms with Crippen LogP contribution in [0.3, 0.4) is 0 Å². The number of hydrogen-bond acceptors (Lipinski definition) is 4. The van der Waals surface area contributed by atoms with Gasteiger partial charge < -0.3 is 24.4 Å². The standard InChI is InChI=1S/C16H22N2O4/c1-11-7-18(8-12(2)22-11)9-16(19)17-6-13-3-4-14-15(5-13)21-10-20-14/h3-5,11-12H,6-10H2,1-2H3,(H,17,19)/p+1/t11-,12-/m1/s1. The van der Waals surface area contributed by atoms with E-state index in [1.165, 1.54) is 4.90 Å². The van der Waals surface area contributed by atoms with E-state index in [0.29, 0.717) is 13.1 Å². The van der Waals surface area contributed by atoms with Gasteiger partial charge in [-0.05, 0) is 31.5 Å². The predicted molar refractivity (Wildman–Crippen MR) is 80.0 cm³/mol. The van der Waals surface area contributed by atoms with Crippen molar-refractivity contribution in [2.24, 2.45) is 0 Å². The lowest BCUT2D eigenvalue weighted by molar-refractivity contribution is -0.907. The molecule has 1 amide bonds. The van der Waals surface area contributed by atoms with Crippen LogP contribution in [0.15, 0.2) is 18.2 Å². The maximum atomic E-state index is 12.1. The number of amides is 1. The monoisotopic (exact) mass is 307 g/mol. The lowest BCUT2D eigenvalue weighted by Gasteiger charge is -2.31. The topological polar surface area (TPSA) is 61.2 Å². The number of benzene rings is 1. The first-order valence-electron chi connectivity index (χ1n) is 7.74. The van der Waals surface area contributed by atoms with Crippen LogP contribution >= 0.6 is 0 Å². The molecule has 120 valence electrons. The summed E-state index contributed by atoms with van der Waals surface area (Å²) in [5.41, 5.74) is 1.01. The molecule has 0 aliphatic carbocycles. The summed E-state index contributed by atoms with van der Waals surface area (Å²) in [4.78, 5) is 13.4. The van der Waals surface area contributed by atoms with E-state index < -0.39 is 0 Å². The highest BCUT2D eigenvalue weighted by Crippen LogP contribution is 2.32. The van der Waals surface area contributed by atoms with Crippen LogP contribution in [0.25, 0.3) is 0 Å². The van der Waals surface area contributed by atoms with Crippen LogP contribution in [-0.2, 0) is 16.1 Å². The van der Waals surface area contributed by atoms with Crippen LogP contribution in [0.5, 0.6) is 11.5 Å². The van der Waals surface area contributed by atoms with Gasteiger partial charge in [-0.2, -0.15) is 0 Å². The van der Waals surface area contributed by atoms with Crippen molar-refractivity contribution in [3.8, 4) is 11.5 Å². The molecule has 0 aromatic heterocycles. The zero-order valence-corrected chi connectivity index (χ0v) is 13.1. The van der Waals surface area contributed by atoms with E-state index in [4.69, 9.17) is 14.2 Å². The fraction of sp³-hybridized carbons (Fsp3) is 0.562. The highest BCUT2D eigenvalue weighted by Gasteiger charge is 2.27. The Morgan fingerprint density at radius 1 is 1.23 bits per heavy atom. The summed E-state index contributed by atoms with van der Waals surface area (Å²) in [5, 5.41) is 2.97. The predicted octanol–water partition coefficient (Wildman–Crippen LogP) is -0.276. The van der Waals surface area contributed by atoms with Crippen molar-refractivity contribution in [3.63, 3.8) is 0 Å². The van der Waals surface area contributed by atoms with E-state index in [-0.39, 0.29) is 24.9 Å². The van der Waals surface area contributed by atoms with Gasteiger partial charge >= 0.3 is 0 Å². The molecule has 1 aromatic carbocycles. The minimum absolute atomic E-state index is 0.0639. The number of ether oxygens (including phenoxy) is 3. The Morgan fingerprint density at radius 3 is 2.73 bits per heavy atom. The summed E-state index contributed by atoms with van der Waals surface area (Å²) < 4.78 is 16.3. The van der Waals surface area contributed by atoms with Gasteiger partial charge in [0.05, 0.1) is 0 Å². The summed E-state index contributed by atoms with van der Waals surface area (Å²) in [6.07, 6.45) is 0.417. The molecule has 2 N–H and O–H groups in total. The summed E-state index contributed by atoms with van der Waals surface area (Å²) >= 11 is 0. The van der Waals surface area contributed by atoms with Crippen molar-refractivity contribution >= 4 is 5.91 Å². The summed E-state index contributed by atoms with van der Waals surface area (Å²) in [6, 6.07) is 5.73. The average Bonchev–Trinajstić information content (AvgIpc) is 2.91. The normalized spacial score (nSPS) is 26.7. The molecular formula is C16H23N2O4+. The van der Waals surface area contributed by atoms with Crippen molar-refractivity contribution < 1.29 is 23.9 Å². The van der Waals surface area contributed by atoms with Gasteiger partial charge in [-0.1, -0.05) is 6.07 Å². The smallest absolute Gasteiger partial charge is 0.275 e. The molecule has 0 radical (unpaired) electrons. The summed E-state index contributed by atoms with van der Waals surface area (Å²) in [5.74, 6) is 1.57. The number of fused-ring (bicyclic) bond motifs is 1. The Hall–Kier alpha value is -1.79. The van der Waals surface area contributed by atoms with Gasteiger partial charge in [0.15, 0.2) is 18.0 Å². The first-order chi connectivity index (χ1) is 10.6. The molecule has 2 aliphatic rings. The number of hydrogen-bond donors (Lipinski definition) is 2. The molecule has 0 spiro atoms. The SMILES string of the molecule is C[C@@H]1C[NH+](CC(=O)NCc2ccc3c(c2)OCO3)C[C@@H](C)O1. The number of quaternary nitrogens is 1. The van der Waals surface area contributed by atoms with E-state index in [2.05, 4.69) is 19.2 Å². The molecule has 1 saturated heterocycles. The van der Waals surface area contributed by atoms with Crippen molar-refractivity contribution in [2.75, 3.05) is 26.4 Å². The Bertz CT molecular complexity index is 539.